The molecule has 3 aromatic carbocycles. The van der Waals surface area contributed by atoms with Crippen molar-refractivity contribution in [3.05, 3.63) is 95.6 Å². The van der Waals surface area contributed by atoms with Gasteiger partial charge in [-0.05, 0) is 53.9 Å². The van der Waals surface area contributed by atoms with Crippen molar-refractivity contribution in [3.8, 4) is 5.75 Å². The third kappa shape index (κ3) is 5.36. The number of amides is 1. The van der Waals surface area contributed by atoms with Gasteiger partial charge in [0.15, 0.2) is 0 Å². The van der Waals surface area contributed by atoms with Crippen molar-refractivity contribution < 1.29 is 18.3 Å². The van der Waals surface area contributed by atoms with Gasteiger partial charge in [-0.25, -0.2) is 8.78 Å². The number of halogens is 2. The summed E-state index contributed by atoms with van der Waals surface area (Å²) in [5.41, 5.74) is 2.41. The van der Waals surface area contributed by atoms with Gasteiger partial charge in [0.05, 0.1) is 7.11 Å². The molecule has 2 fully saturated rings. The number of piperazine rings is 1. The Morgan fingerprint density at radius 2 is 1.61 bits per heavy atom. The molecule has 2 heterocycles. The molecule has 2 atom stereocenters. The van der Waals surface area contributed by atoms with Crippen molar-refractivity contribution in [2.45, 2.75) is 5.92 Å². The third-order valence-electron chi connectivity index (χ3n) is 7.36. The van der Waals surface area contributed by atoms with E-state index < -0.39 is 5.82 Å². The van der Waals surface area contributed by atoms with E-state index in [1.54, 1.807) is 36.3 Å². The monoisotopic (exact) mass is 491 g/mol. The second-order valence-electron chi connectivity index (χ2n) is 9.63. The molecule has 0 aliphatic carbocycles. The molecule has 188 valence electrons. The van der Waals surface area contributed by atoms with Crippen molar-refractivity contribution in [3.63, 3.8) is 0 Å². The predicted octanol–water partition coefficient (Wildman–Crippen LogP) is 4.65. The highest BCUT2D eigenvalue weighted by atomic mass is 19.1. The number of methoxy groups -OCH3 is 1. The average Bonchev–Trinajstić information content (AvgIpc) is 3.32. The van der Waals surface area contributed by atoms with E-state index in [-0.39, 0.29) is 23.6 Å². The fourth-order valence-electron chi connectivity index (χ4n) is 5.47. The molecule has 0 N–H and O–H groups in total. The van der Waals surface area contributed by atoms with Crippen molar-refractivity contribution in [1.29, 1.82) is 0 Å². The number of likely N-dealkylation sites (tertiary alicyclic amines) is 1. The molecule has 2 aliphatic heterocycles. The maximum absolute atomic E-state index is 14.1. The molecule has 2 aliphatic rings. The number of hydrogen-bond acceptors (Lipinski definition) is 4. The van der Waals surface area contributed by atoms with Crippen LogP contribution >= 0.6 is 0 Å². The van der Waals surface area contributed by atoms with Crippen LogP contribution in [0.2, 0.25) is 0 Å². The molecule has 5 rings (SSSR count). The minimum Gasteiger partial charge on any atom is -0.497 e. The van der Waals surface area contributed by atoms with E-state index in [9.17, 15) is 13.6 Å². The Kier molecular flexibility index (Phi) is 7.18. The summed E-state index contributed by atoms with van der Waals surface area (Å²) in [4.78, 5) is 19.8. The van der Waals surface area contributed by atoms with Crippen LogP contribution in [0.15, 0.2) is 72.8 Å². The Balaban J connectivity index is 1.29. The van der Waals surface area contributed by atoms with Crippen LogP contribution in [0.4, 0.5) is 14.5 Å². The lowest BCUT2D eigenvalue weighted by Crippen LogP contribution is -2.48. The largest absolute Gasteiger partial charge is 0.497 e. The molecule has 0 radical (unpaired) electrons. The third-order valence-corrected chi connectivity index (χ3v) is 7.36. The summed E-state index contributed by atoms with van der Waals surface area (Å²) in [6, 6.07) is 20.6. The predicted molar refractivity (Wildman–Crippen MR) is 137 cm³/mol. The molecule has 0 bridgehead atoms. The Labute approximate surface area is 210 Å². The van der Waals surface area contributed by atoms with Crippen molar-refractivity contribution in [2.24, 2.45) is 5.92 Å². The summed E-state index contributed by atoms with van der Waals surface area (Å²) in [6.45, 7) is 5.48. The molecule has 0 saturated carbocycles. The zero-order valence-corrected chi connectivity index (χ0v) is 20.4. The van der Waals surface area contributed by atoms with Gasteiger partial charge >= 0.3 is 0 Å². The summed E-state index contributed by atoms with van der Waals surface area (Å²) >= 11 is 0. The number of nitrogens with zero attached hydrogens (tertiary/aromatic N) is 3. The first-order valence-corrected chi connectivity index (χ1v) is 12.4. The van der Waals surface area contributed by atoms with Crippen molar-refractivity contribution in [2.75, 3.05) is 57.8 Å². The lowest BCUT2D eigenvalue weighted by molar-refractivity contribution is 0.0782. The van der Waals surface area contributed by atoms with Crippen LogP contribution < -0.4 is 9.64 Å². The van der Waals surface area contributed by atoms with Gasteiger partial charge in [0.2, 0.25) is 0 Å². The summed E-state index contributed by atoms with van der Waals surface area (Å²) in [5, 5.41) is 0. The van der Waals surface area contributed by atoms with Crippen LogP contribution in [0.25, 0.3) is 0 Å². The number of carbonyl (C=O) groups excluding carboxylic acids is 1. The van der Waals surface area contributed by atoms with Gasteiger partial charge in [-0.1, -0.05) is 24.3 Å². The Morgan fingerprint density at radius 3 is 2.33 bits per heavy atom. The lowest BCUT2D eigenvalue weighted by Gasteiger charge is -2.38. The van der Waals surface area contributed by atoms with Crippen LogP contribution in [0, 0.1) is 17.6 Å². The van der Waals surface area contributed by atoms with Gasteiger partial charge in [-0.2, -0.15) is 0 Å². The topological polar surface area (TPSA) is 36.0 Å². The van der Waals surface area contributed by atoms with Gasteiger partial charge in [-0.3, -0.25) is 9.69 Å². The van der Waals surface area contributed by atoms with Crippen molar-refractivity contribution >= 4 is 11.6 Å². The molecular weight excluding hydrogens is 460 g/mol. The van der Waals surface area contributed by atoms with Crippen LogP contribution in [-0.4, -0.2) is 68.6 Å². The quantitative estimate of drug-likeness (QED) is 0.503. The Bertz CT molecular complexity index is 1210. The number of hydrogen-bond donors (Lipinski definition) is 0. The zero-order valence-electron chi connectivity index (χ0n) is 20.4. The molecule has 2 unspecified atom stereocenters. The number of benzene rings is 3. The number of anilines is 1. The first kappa shape index (κ1) is 24.3. The molecule has 0 aromatic heterocycles. The standard InChI is InChI=1S/C29H31F2N3O2/c1-36-27-10-4-9-26(17-27)33-13-11-32(12-14-33)18-23-19-34(29(35)22-6-3-8-25(31)16-22)20-28(23)21-5-2-7-24(30)15-21/h2-10,15-17,23,28H,11-14,18-20H2,1H3. The van der Waals surface area contributed by atoms with E-state index in [0.29, 0.717) is 18.7 Å². The fraction of sp³-hybridized carbons (Fsp3) is 0.345. The summed E-state index contributed by atoms with van der Waals surface area (Å²) in [7, 11) is 1.68. The molecule has 2 saturated heterocycles. The number of rotatable bonds is 6. The molecule has 36 heavy (non-hydrogen) atoms. The molecule has 5 nitrogen and oxygen atoms in total. The highest BCUT2D eigenvalue weighted by Gasteiger charge is 2.38. The van der Waals surface area contributed by atoms with E-state index >= 15 is 0 Å². The van der Waals surface area contributed by atoms with Gasteiger partial charge < -0.3 is 14.5 Å². The Hall–Kier alpha value is -3.45. The molecule has 1 amide bonds. The maximum Gasteiger partial charge on any atom is 0.253 e. The number of ether oxygens (including phenoxy) is 1. The molecular formula is C29H31F2N3O2. The highest BCUT2D eigenvalue weighted by molar-refractivity contribution is 5.94. The minimum atomic E-state index is -0.424. The van der Waals surface area contributed by atoms with Gasteiger partial charge in [0, 0.05) is 69.0 Å². The smallest absolute Gasteiger partial charge is 0.253 e. The van der Waals surface area contributed by atoms with Crippen LogP contribution in [0.3, 0.4) is 0 Å². The second-order valence-corrected chi connectivity index (χ2v) is 9.63. The summed E-state index contributed by atoms with van der Waals surface area (Å²) in [5.74, 6) is 0.158. The average molecular weight is 492 g/mol. The minimum absolute atomic E-state index is 0.0228. The van der Waals surface area contributed by atoms with E-state index in [1.165, 1.54) is 18.2 Å². The fourth-order valence-corrected chi connectivity index (χ4v) is 5.47. The summed E-state index contributed by atoms with van der Waals surface area (Å²) in [6.07, 6.45) is 0. The molecule has 3 aromatic rings. The van der Waals surface area contributed by atoms with E-state index in [1.807, 2.05) is 18.2 Å². The Morgan fingerprint density at radius 1 is 0.889 bits per heavy atom. The van der Waals surface area contributed by atoms with Crippen molar-refractivity contribution in [1.82, 2.24) is 9.80 Å². The lowest BCUT2D eigenvalue weighted by atomic mass is 9.88. The molecule has 7 heteroatoms. The van der Waals surface area contributed by atoms with Gasteiger partial charge in [0.1, 0.15) is 17.4 Å². The second kappa shape index (κ2) is 10.7. The van der Waals surface area contributed by atoms with Crippen LogP contribution in [-0.2, 0) is 0 Å². The highest BCUT2D eigenvalue weighted by Crippen LogP contribution is 2.35. The van der Waals surface area contributed by atoms with E-state index in [2.05, 4.69) is 21.9 Å². The van der Waals surface area contributed by atoms with Crippen LogP contribution in [0.1, 0.15) is 21.8 Å². The number of carbonyl (C=O) groups is 1. The molecule has 0 spiro atoms. The SMILES string of the molecule is COc1cccc(N2CCN(CC3CN(C(=O)c4cccc(F)c4)CC3c3cccc(F)c3)CC2)c1. The first-order chi connectivity index (χ1) is 17.5. The van der Waals surface area contributed by atoms with Gasteiger partial charge in [-0.15, -0.1) is 0 Å². The van der Waals surface area contributed by atoms with Crippen LogP contribution in [0.5, 0.6) is 5.75 Å². The van der Waals surface area contributed by atoms with Gasteiger partial charge in [0.25, 0.3) is 5.91 Å². The maximum atomic E-state index is 14.1. The van der Waals surface area contributed by atoms with E-state index in [0.717, 1.165) is 49.7 Å². The summed E-state index contributed by atoms with van der Waals surface area (Å²) < 4.78 is 33.2. The van der Waals surface area contributed by atoms with E-state index in [4.69, 9.17) is 4.74 Å². The first-order valence-electron chi connectivity index (χ1n) is 12.4. The zero-order chi connectivity index (χ0) is 25.1. The normalized spacial score (nSPS) is 20.5.